The number of nitrogens with two attached hydrogens (primary N) is 1. The molecular formula is C17H28BrNO. The van der Waals surface area contributed by atoms with E-state index in [1.165, 1.54) is 44.1 Å². The number of rotatable bonds is 9. The van der Waals surface area contributed by atoms with Crippen molar-refractivity contribution >= 4 is 15.9 Å². The van der Waals surface area contributed by atoms with E-state index in [9.17, 15) is 0 Å². The Bertz CT molecular complexity index is 406. The van der Waals surface area contributed by atoms with E-state index >= 15 is 0 Å². The lowest BCUT2D eigenvalue weighted by atomic mass is 9.98. The van der Waals surface area contributed by atoms with E-state index in [0.717, 1.165) is 22.2 Å². The molecule has 20 heavy (non-hydrogen) atoms. The summed E-state index contributed by atoms with van der Waals surface area (Å²) in [6.45, 7) is 4.31. The Morgan fingerprint density at radius 2 is 1.80 bits per heavy atom. The molecule has 0 bridgehead atoms. The summed E-state index contributed by atoms with van der Waals surface area (Å²) in [5.74, 6) is 0.907. The van der Waals surface area contributed by atoms with Crippen LogP contribution in [0.5, 0.6) is 5.75 Å². The molecule has 1 unspecified atom stereocenters. The molecule has 0 fully saturated rings. The van der Waals surface area contributed by atoms with Crippen LogP contribution in [0.1, 0.15) is 69.0 Å². The van der Waals surface area contributed by atoms with Crippen molar-refractivity contribution in [2.75, 3.05) is 7.11 Å². The van der Waals surface area contributed by atoms with Crippen LogP contribution in [0.2, 0.25) is 0 Å². The molecule has 0 heterocycles. The van der Waals surface area contributed by atoms with Gasteiger partial charge in [-0.1, -0.05) is 61.4 Å². The van der Waals surface area contributed by atoms with E-state index in [1.54, 1.807) is 7.11 Å². The molecule has 0 amide bonds. The van der Waals surface area contributed by atoms with Crippen molar-refractivity contribution in [1.82, 2.24) is 0 Å². The van der Waals surface area contributed by atoms with E-state index in [0.29, 0.717) is 0 Å². The SMILES string of the molecule is CCCCCCCCC(N)c1cc(Br)c(C)cc1OC. The van der Waals surface area contributed by atoms with Crippen LogP contribution in [0.3, 0.4) is 0 Å². The molecule has 0 aromatic heterocycles. The second-order valence-electron chi connectivity index (χ2n) is 5.51. The van der Waals surface area contributed by atoms with Crippen molar-refractivity contribution in [3.05, 3.63) is 27.7 Å². The minimum absolute atomic E-state index is 0.0630. The Morgan fingerprint density at radius 1 is 1.15 bits per heavy atom. The second kappa shape index (κ2) is 9.41. The van der Waals surface area contributed by atoms with Gasteiger partial charge in [0.15, 0.2) is 0 Å². The number of aryl methyl sites for hydroxylation is 1. The fourth-order valence-corrected chi connectivity index (χ4v) is 2.80. The zero-order valence-electron chi connectivity index (χ0n) is 13.0. The number of hydrogen-bond acceptors (Lipinski definition) is 2. The molecule has 0 aliphatic carbocycles. The van der Waals surface area contributed by atoms with Gasteiger partial charge in [0.2, 0.25) is 0 Å². The summed E-state index contributed by atoms with van der Waals surface area (Å²) in [5, 5.41) is 0. The molecular weight excluding hydrogens is 314 g/mol. The third-order valence-electron chi connectivity index (χ3n) is 3.78. The maximum Gasteiger partial charge on any atom is 0.123 e. The normalized spacial score (nSPS) is 12.4. The first-order valence-electron chi connectivity index (χ1n) is 7.69. The van der Waals surface area contributed by atoms with E-state index in [4.69, 9.17) is 10.5 Å². The van der Waals surface area contributed by atoms with Crippen LogP contribution in [0.4, 0.5) is 0 Å². The molecule has 2 nitrogen and oxygen atoms in total. The highest BCUT2D eigenvalue weighted by atomic mass is 79.9. The summed E-state index contributed by atoms with van der Waals surface area (Å²) in [6.07, 6.45) is 8.83. The highest BCUT2D eigenvalue weighted by molar-refractivity contribution is 9.10. The first kappa shape index (κ1) is 17.5. The summed E-state index contributed by atoms with van der Waals surface area (Å²) in [4.78, 5) is 0. The number of halogens is 1. The zero-order chi connectivity index (χ0) is 15.0. The Morgan fingerprint density at radius 3 is 2.45 bits per heavy atom. The quantitative estimate of drug-likeness (QED) is 0.600. The standard InChI is InChI=1S/C17H28BrNO/c1-4-5-6-7-8-9-10-16(19)14-12-15(18)13(2)11-17(14)20-3/h11-12,16H,4-10,19H2,1-3H3. The smallest absolute Gasteiger partial charge is 0.123 e. The van der Waals surface area contributed by atoms with Crippen LogP contribution in [0.15, 0.2) is 16.6 Å². The Balaban J connectivity index is 2.50. The number of benzene rings is 1. The molecule has 1 rings (SSSR count). The molecule has 114 valence electrons. The minimum atomic E-state index is 0.0630. The zero-order valence-corrected chi connectivity index (χ0v) is 14.6. The third kappa shape index (κ3) is 5.45. The Kier molecular flexibility index (Phi) is 8.24. The minimum Gasteiger partial charge on any atom is -0.496 e. The first-order chi connectivity index (χ1) is 9.60. The fourth-order valence-electron chi connectivity index (χ4n) is 2.44. The largest absolute Gasteiger partial charge is 0.496 e. The molecule has 2 N–H and O–H groups in total. The third-order valence-corrected chi connectivity index (χ3v) is 4.63. The molecule has 0 saturated heterocycles. The highest BCUT2D eigenvalue weighted by Crippen LogP contribution is 2.32. The molecule has 0 aliphatic heterocycles. The van der Waals surface area contributed by atoms with E-state index in [2.05, 4.69) is 41.9 Å². The predicted octanol–water partition coefficient (Wildman–Crippen LogP) is 5.52. The number of methoxy groups -OCH3 is 1. The molecule has 1 aromatic rings. The monoisotopic (exact) mass is 341 g/mol. The van der Waals surface area contributed by atoms with Gasteiger partial charge >= 0.3 is 0 Å². The summed E-state index contributed by atoms with van der Waals surface area (Å²) in [7, 11) is 1.71. The lowest BCUT2D eigenvalue weighted by Crippen LogP contribution is -2.12. The highest BCUT2D eigenvalue weighted by Gasteiger charge is 2.13. The number of ether oxygens (including phenoxy) is 1. The second-order valence-corrected chi connectivity index (χ2v) is 6.36. The van der Waals surface area contributed by atoms with E-state index < -0.39 is 0 Å². The number of unbranched alkanes of at least 4 members (excludes halogenated alkanes) is 5. The van der Waals surface area contributed by atoms with Crippen LogP contribution >= 0.6 is 15.9 Å². The van der Waals surface area contributed by atoms with Crippen LogP contribution in [0.25, 0.3) is 0 Å². The van der Waals surface area contributed by atoms with Gasteiger partial charge < -0.3 is 10.5 Å². The number of hydrogen-bond donors (Lipinski definition) is 1. The van der Waals surface area contributed by atoms with Gasteiger partial charge in [-0.05, 0) is 31.0 Å². The van der Waals surface area contributed by atoms with E-state index in [1.807, 2.05) is 0 Å². The van der Waals surface area contributed by atoms with Gasteiger partial charge in [-0.2, -0.15) is 0 Å². The lowest BCUT2D eigenvalue weighted by molar-refractivity contribution is 0.402. The van der Waals surface area contributed by atoms with Gasteiger partial charge in [0.25, 0.3) is 0 Å². The average molecular weight is 342 g/mol. The molecule has 1 aromatic carbocycles. The van der Waals surface area contributed by atoms with Crippen molar-refractivity contribution in [3.8, 4) is 5.75 Å². The lowest BCUT2D eigenvalue weighted by Gasteiger charge is -2.17. The van der Waals surface area contributed by atoms with Gasteiger partial charge in [0, 0.05) is 16.1 Å². The first-order valence-corrected chi connectivity index (χ1v) is 8.49. The van der Waals surface area contributed by atoms with Gasteiger partial charge in [-0.3, -0.25) is 0 Å². The van der Waals surface area contributed by atoms with Gasteiger partial charge in [0.1, 0.15) is 5.75 Å². The van der Waals surface area contributed by atoms with Crippen LogP contribution < -0.4 is 10.5 Å². The van der Waals surface area contributed by atoms with Crippen molar-refractivity contribution < 1.29 is 4.74 Å². The molecule has 0 radical (unpaired) electrons. The Labute approximate surface area is 132 Å². The van der Waals surface area contributed by atoms with Gasteiger partial charge in [0.05, 0.1) is 7.11 Å². The van der Waals surface area contributed by atoms with E-state index in [-0.39, 0.29) is 6.04 Å². The van der Waals surface area contributed by atoms with Crippen molar-refractivity contribution in [2.24, 2.45) is 5.73 Å². The summed E-state index contributed by atoms with van der Waals surface area (Å²) >= 11 is 3.58. The van der Waals surface area contributed by atoms with Crippen LogP contribution in [-0.2, 0) is 0 Å². The molecule has 0 spiro atoms. The van der Waals surface area contributed by atoms with Crippen molar-refractivity contribution in [2.45, 2.75) is 64.8 Å². The van der Waals surface area contributed by atoms with Crippen molar-refractivity contribution in [3.63, 3.8) is 0 Å². The average Bonchev–Trinajstić information content (AvgIpc) is 2.44. The predicted molar refractivity (Wildman–Crippen MR) is 90.4 cm³/mol. The maximum absolute atomic E-state index is 6.33. The fraction of sp³-hybridized carbons (Fsp3) is 0.647. The topological polar surface area (TPSA) is 35.2 Å². The molecule has 0 saturated carbocycles. The van der Waals surface area contributed by atoms with Gasteiger partial charge in [-0.15, -0.1) is 0 Å². The summed E-state index contributed by atoms with van der Waals surface area (Å²) < 4.78 is 6.56. The van der Waals surface area contributed by atoms with Gasteiger partial charge in [-0.25, -0.2) is 0 Å². The summed E-state index contributed by atoms with van der Waals surface area (Å²) in [6, 6.07) is 4.23. The Hall–Kier alpha value is -0.540. The summed E-state index contributed by atoms with van der Waals surface area (Å²) in [5.41, 5.74) is 8.62. The molecule has 0 aliphatic rings. The molecule has 3 heteroatoms. The van der Waals surface area contributed by atoms with Crippen molar-refractivity contribution in [1.29, 1.82) is 0 Å². The molecule has 1 atom stereocenters. The van der Waals surface area contributed by atoms with Crippen LogP contribution in [0, 0.1) is 6.92 Å². The maximum atomic E-state index is 6.33. The van der Waals surface area contributed by atoms with Crippen LogP contribution in [-0.4, -0.2) is 7.11 Å².